The van der Waals surface area contributed by atoms with Gasteiger partial charge >= 0.3 is 0 Å². The van der Waals surface area contributed by atoms with E-state index in [1.165, 1.54) is 0 Å². The van der Waals surface area contributed by atoms with Crippen molar-refractivity contribution in [3.05, 3.63) is 53.6 Å². The summed E-state index contributed by atoms with van der Waals surface area (Å²) in [4.78, 5) is 0. The summed E-state index contributed by atoms with van der Waals surface area (Å²) in [7, 11) is 0. The topological polar surface area (TPSA) is 113 Å². The summed E-state index contributed by atoms with van der Waals surface area (Å²) in [5.74, 6) is 0.851. The molecule has 2 unspecified atom stereocenters. The molecule has 2 aliphatic heterocycles. The molecule has 2 atom stereocenters. The van der Waals surface area contributed by atoms with Gasteiger partial charge in [0.15, 0.2) is 11.5 Å². The van der Waals surface area contributed by atoms with Gasteiger partial charge in [0, 0.05) is 17.0 Å². The number of hydrogen-bond acceptors (Lipinski definition) is 7. The van der Waals surface area contributed by atoms with E-state index in [-0.39, 0.29) is 18.6 Å². The van der Waals surface area contributed by atoms with Crippen molar-refractivity contribution >= 4 is 5.90 Å². The van der Waals surface area contributed by atoms with Crippen LogP contribution in [0.1, 0.15) is 24.0 Å². The molecule has 0 fully saturated rings. The molecule has 150 valence electrons. The standard InChI is InChI=1S/C22H18N4O4/c1-2-27-15-6-4-3-5-13(15)18-14(10-23)21(24)30-22-19(18)20(25-26-22)12-7-8-16-17(9-12)29-11-28-16/h3-9,14,18,24H,2,11H2,1H3,(H,25,26). The number of para-hydroxylation sites is 1. The fourth-order valence-electron chi connectivity index (χ4n) is 3.95. The van der Waals surface area contributed by atoms with Crippen molar-refractivity contribution in [1.29, 1.82) is 10.7 Å². The van der Waals surface area contributed by atoms with Crippen LogP contribution in [0.15, 0.2) is 42.5 Å². The lowest BCUT2D eigenvalue weighted by Gasteiger charge is -2.29. The summed E-state index contributed by atoms with van der Waals surface area (Å²) in [6, 6.07) is 15.4. The molecular weight excluding hydrogens is 384 g/mol. The van der Waals surface area contributed by atoms with E-state index in [1.54, 1.807) is 0 Å². The normalized spacial score (nSPS) is 19.0. The van der Waals surface area contributed by atoms with E-state index in [9.17, 15) is 5.26 Å². The Morgan fingerprint density at radius 2 is 2.07 bits per heavy atom. The first kappa shape index (κ1) is 18.1. The molecule has 2 aliphatic rings. The molecule has 30 heavy (non-hydrogen) atoms. The van der Waals surface area contributed by atoms with Gasteiger partial charge in [-0.2, -0.15) is 5.26 Å². The first-order valence-electron chi connectivity index (χ1n) is 9.57. The van der Waals surface area contributed by atoms with Crippen molar-refractivity contribution < 1.29 is 18.9 Å². The van der Waals surface area contributed by atoms with E-state index < -0.39 is 11.8 Å². The molecule has 1 aromatic heterocycles. The van der Waals surface area contributed by atoms with Crippen LogP contribution in [-0.2, 0) is 0 Å². The maximum atomic E-state index is 9.89. The third-order valence-corrected chi connectivity index (χ3v) is 5.26. The molecule has 0 saturated carbocycles. The largest absolute Gasteiger partial charge is 0.494 e. The summed E-state index contributed by atoms with van der Waals surface area (Å²) < 4.78 is 22.3. The zero-order valence-corrected chi connectivity index (χ0v) is 16.1. The minimum atomic E-state index is -0.815. The third-order valence-electron chi connectivity index (χ3n) is 5.26. The first-order valence-corrected chi connectivity index (χ1v) is 9.57. The van der Waals surface area contributed by atoms with Gasteiger partial charge in [0.25, 0.3) is 0 Å². The molecular formula is C22H18N4O4. The quantitative estimate of drug-likeness (QED) is 0.685. The fraction of sp³-hybridized carbons (Fsp3) is 0.227. The van der Waals surface area contributed by atoms with Crippen molar-refractivity contribution in [3.8, 4) is 40.5 Å². The van der Waals surface area contributed by atoms with E-state index in [4.69, 9.17) is 24.4 Å². The van der Waals surface area contributed by atoms with Gasteiger partial charge in [0.2, 0.25) is 18.6 Å². The van der Waals surface area contributed by atoms with Gasteiger partial charge in [-0.25, -0.2) is 0 Å². The molecule has 8 nitrogen and oxygen atoms in total. The third kappa shape index (κ3) is 2.75. The lowest BCUT2D eigenvalue weighted by Crippen LogP contribution is -2.31. The maximum absolute atomic E-state index is 9.89. The van der Waals surface area contributed by atoms with Gasteiger partial charge < -0.3 is 18.9 Å². The molecule has 3 heterocycles. The molecule has 2 aromatic carbocycles. The van der Waals surface area contributed by atoms with Gasteiger partial charge in [-0.3, -0.25) is 10.5 Å². The summed E-state index contributed by atoms with van der Waals surface area (Å²) in [5, 5.41) is 25.5. The lowest BCUT2D eigenvalue weighted by atomic mass is 9.78. The number of nitrogens with zero attached hydrogens (tertiary/aromatic N) is 2. The van der Waals surface area contributed by atoms with Gasteiger partial charge in [-0.15, -0.1) is 5.10 Å². The average molecular weight is 402 g/mol. The summed E-state index contributed by atoms with van der Waals surface area (Å²) in [6.07, 6.45) is 0. The van der Waals surface area contributed by atoms with E-state index in [0.29, 0.717) is 35.1 Å². The number of nitriles is 1. The Hall–Kier alpha value is -3.99. The Morgan fingerprint density at radius 3 is 2.90 bits per heavy atom. The molecule has 2 N–H and O–H groups in total. The number of nitrogens with one attached hydrogen (secondary N) is 2. The Labute approximate surface area is 172 Å². The first-order chi connectivity index (χ1) is 14.7. The molecule has 0 spiro atoms. The molecule has 0 aliphatic carbocycles. The van der Waals surface area contributed by atoms with Crippen LogP contribution in [0.25, 0.3) is 11.3 Å². The van der Waals surface area contributed by atoms with Gasteiger partial charge in [-0.1, -0.05) is 18.2 Å². The van der Waals surface area contributed by atoms with Crippen molar-refractivity contribution in [2.75, 3.05) is 13.4 Å². The number of benzene rings is 2. The second-order valence-corrected chi connectivity index (χ2v) is 6.91. The highest BCUT2D eigenvalue weighted by Gasteiger charge is 2.42. The summed E-state index contributed by atoms with van der Waals surface area (Å²) >= 11 is 0. The zero-order chi connectivity index (χ0) is 20.7. The molecule has 5 rings (SSSR count). The molecule has 8 heteroatoms. The minimum absolute atomic E-state index is 0.134. The van der Waals surface area contributed by atoms with Crippen LogP contribution >= 0.6 is 0 Å². The smallest absolute Gasteiger partial charge is 0.244 e. The minimum Gasteiger partial charge on any atom is -0.494 e. The van der Waals surface area contributed by atoms with E-state index in [0.717, 1.165) is 11.1 Å². The highest BCUT2D eigenvalue weighted by atomic mass is 16.7. The van der Waals surface area contributed by atoms with Crippen LogP contribution in [0.4, 0.5) is 0 Å². The second kappa shape index (κ2) is 7.12. The summed E-state index contributed by atoms with van der Waals surface area (Å²) in [6.45, 7) is 2.58. The average Bonchev–Trinajstić information content (AvgIpc) is 3.39. The number of ether oxygens (including phenoxy) is 4. The number of fused-ring (bicyclic) bond motifs is 2. The number of H-pyrrole nitrogens is 1. The van der Waals surface area contributed by atoms with E-state index in [1.807, 2.05) is 49.4 Å². The highest BCUT2D eigenvalue weighted by Crippen LogP contribution is 2.48. The van der Waals surface area contributed by atoms with Gasteiger partial charge in [-0.05, 0) is 31.2 Å². The van der Waals surface area contributed by atoms with Crippen molar-refractivity contribution in [2.45, 2.75) is 12.8 Å². The molecule has 0 bridgehead atoms. The summed E-state index contributed by atoms with van der Waals surface area (Å²) in [5.41, 5.74) is 3.04. The molecule has 0 amide bonds. The highest BCUT2D eigenvalue weighted by molar-refractivity contribution is 5.87. The van der Waals surface area contributed by atoms with E-state index >= 15 is 0 Å². The van der Waals surface area contributed by atoms with Crippen LogP contribution in [0.5, 0.6) is 23.1 Å². The molecule has 0 saturated heterocycles. The second-order valence-electron chi connectivity index (χ2n) is 6.91. The Kier molecular flexibility index (Phi) is 4.29. The lowest BCUT2D eigenvalue weighted by molar-refractivity contribution is 0.174. The van der Waals surface area contributed by atoms with Crippen molar-refractivity contribution in [1.82, 2.24) is 10.2 Å². The van der Waals surface area contributed by atoms with Gasteiger partial charge in [0.1, 0.15) is 11.7 Å². The number of aromatic amines is 1. The Bertz CT molecular complexity index is 1180. The van der Waals surface area contributed by atoms with Crippen LogP contribution in [-0.4, -0.2) is 29.5 Å². The Balaban J connectivity index is 1.70. The maximum Gasteiger partial charge on any atom is 0.244 e. The predicted octanol–water partition coefficient (Wildman–Crippen LogP) is 3.85. The number of hydrogen-bond donors (Lipinski definition) is 2. The number of aromatic nitrogens is 2. The fourth-order valence-corrected chi connectivity index (χ4v) is 3.95. The van der Waals surface area contributed by atoms with Gasteiger partial charge in [0.05, 0.1) is 23.9 Å². The van der Waals surface area contributed by atoms with E-state index in [2.05, 4.69) is 16.3 Å². The predicted molar refractivity (Wildman–Crippen MR) is 107 cm³/mol. The van der Waals surface area contributed by atoms with Crippen molar-refractivity contribution in [3.63, 3.8) is 0 Å². The van der Waals surface area contributed by atoms with Crippen molar-refractivity contribution in [2.24, 2.45) is 5.92 Å². The zero-order valence-electron chi connectivity index (χ0n) is 16.1. The molecule has 3 aromatic rings. The van der Waals surface area contributed by atoms with Crippen LogP contribution in [0.3, 0.4) is 0 Å². The molecule has 0 radical (unpaired) electrons. The monoisotopic (exact) mass is 402 g/mol. The number of rotatable bonds is 4. The van der Waals surface area contributed by atoms with Crippen LogP contribution < -0.4 is 18.9 Å². The van der Waals surface area contributed by atoms with Crippen LogP contribution in [0.2, 0.25) is 0 Å². The van der Waals surface area contributed by atoms with Crippen LogP contribution in [0, 0.1) is 22.7 Å². The SMILES string of the molecule is CCOc1ccccc1C1c2c(n[nH]c2-c2ccc3c(c2)OCO3)OC(=N)C1C#N. The Morgan fingerprint density at radius 1 is 1.23 bits per heavy atom.